The molecule has 2 rings (SSSR count). The molecule has 116 valence electrons. The van der Waals surface area contributed by atoms with E-state index in [0.717, 1.165) is 0 Å². The predicted molar refractivity (Wildman–Crippen MR) is 74.5 cm³/mol. The highest BCUT2D eigenvalue weighted by Gasteiger charge is 2.35. The fourth-order valence-electron chi connectivity index (χ4n) is 2.61. The normalized spacial score (nSPS) is 28.8. The highest BCUT2D eigenvalue weighted by atomic mass is 32.2. The summed E-state index contributed by atoms with van der Waals surface area (Å²) in [5.74, 6) is -0.133. The summed E-state index contributed by atoms with van der Waals surface area (Å²) in [7, 11) is -3.17. The summed E-state index contributed by atoms with van der Waals surface area (Å²) in [6.07, 6.45) is 1.29. The van der Waals surface area contributed by atoms with Crippen molar-refractivity contribution >= 4 is 15.9 Å². The number of carbonyl (C=O) groups is 1. The van der Waals surface area contributed by atoms with Gasteiger partial charge in [-0.2, -0.15) is 0 Å². The third-order valence-electron chi connectivity index (χ3n) is 3.97. The minimum atomic E-state index is -3.17. The fraction of sp³-hybridized carbons (Fsp3) is 0.917. The number of sulfonamides is 1. The molecular weight excluding hydrogens is 282 g/mol. The van der Waals surface area contributed by atoms with E-state index in [9.17, 15) is 13.2 Å². The van der Waals surface area contributed by atoms with Crippen molar-refractivity contribution in [2.45, 2.75) is 31.8 Å². The number of hydrogen-bond acceptors (Lipinski definition) is 5. The van der Waals surface area contributed by atoms with Crippen LogP contribution in [0.1, 0.15) is 19.8 Å². The first kappa shape index (κ1) is 15.7. The molecule has 0 aromatic heterocycles. The van der Waals surface area contributed by atoms with E-state index in [1.807, 2.05) is 0 Å². The fourth-order valence-corrected chi connectivity index (χ4v) is 3.53. The van der Waals surface area contributed by atoms with E-state index in [1.54, 1.807) is 11.8 Å². The van der Waals surface area contributed by atoms with Gasteiger partial charge in [-0.15, -0.1) is 0 Å². The van der Waals surface area contributed by atoms with Crippen molar-refractivity contribution in [2.24, 2.45) is 11.7 Å². The number of hydrogen-bond donors (Lipinski definition) is 2. The number of piperidine rings is 1. The standard InChI is InChI=1S/C12H23N3O4S/c1-2-20(17,18)14-9-3-5-15(6-4-9)12(16)10-7-19-8-11(10)13/h9-11,14H,2-8,13H2,1H3. The van der Waals surface area contributed by atoms with Gasteiger partial charge in [-0.05, 0) is 19.8 Å². The Balaban J connectivity index is 1.83. The lowest BCUT2D eigenvalue weighted by atomic mass is 10.00. The second-order valence-corrected chi connectivity index (χ2v) is 7.47. The van der Waals surface area contributed by atoms with Crippen molar-refractivity contribution in [3.05, 3.63) is 0 Å². The van der Waals surface area contributed by atoms with Crippen LogP contribution in [-0.2, 0) is 19.6 Å². The van der Waals surface area contributed by atoms with Gasteiger partial charge >= 0.3 is 0 Å². The number of likely N-dealkylation sites (tertiary alicyclic amines) is 1. The van der Waals surface area contributed by atoms with E-state index >= 15 is 0 Å². The van der Waals surface area contributed by atoms with Crippen molar-refractivity contribution in [1.29, 1.82) is 0 Å². The van der Waals surface area contributed by atoms with Crippen molar-refractivity contribution in [2.75, 3.05) is 32.1 Å². The Morgan fingerprint density at radius 1 is 1.35 bits per heavy atom. The second-order valence-electron chi connectivity index (χ2n) is 5.43. The van der Waals surface area contributed by atoms with Gasteiger partial charge in [0.2, 0.25) is 15.9 Å². The minimum absolute atomic E-state index is 0.0341. The molecule has 7 nitrogen and oxygen atoms in total. The van der Waals surface area contributed by atoms with Gasteiger partial charge in [0.1, 0.15) is 0 Å². The number of ether oxygens (including phenoxy) is 1. The first-order chi connectivity index (χ1) is 9.43. The zero-order valence-corrected chi connectivity index (χ0v) is 12.6. The third-order valence-corrected chi connectivity index (χ3v) is 5.43. The van der Waals surface area contributed by atoms with E-state index in [4.69, 9.17) is 10.5 Å². The molecule has 2 saturated heterocycles. The van der Waals surface area contributed by atoms with Crippen molar-refractivity contribution in [3.63, 3.8) is 0 Å². The van der Waals surface area contributed by atoms with Gasteiger partial charge in [0.05, 0.1) is 24.9 Å². The molecule has 3 N–H and O–H groups in total. The van der Waals surface area contributed by atoms with Gasteiger partial charge in [-0.1, -0.05) is 0 Å². The first-order valence-electron chi connectivity index (χ1n) is 7.05. The van der Waals surface area contributed by atoms with E-state index in [2.05, 4.69) is 4.72 Å². The quantitative estimate of drug-likeness (QED) is 0.686. The van der Waals surface area contributed by atoms with E-state index in [1.165, 1.54) is 0 Å². The number of amides is 1. The highest BCUT2D eigenvalue weighted by molar-refractivity contribution is 7.89. The van der Waals surface area contributed by atoms with E-state index in [0.29, 0.717) is 39.1 Å². The topological polar surface area (TPSA) is 102 Å². The molecule has 2 aliphatic rings. The van der Waals surface area contributed by atoms with Crippen LogP contribution in [0.4, 0.5) is 0 Å². The molecule has 2 heterocycles. The molecule has 20 heavy (non-hydrogen) atoms. The summed E-state index contributed by atoms with van der Waals surface area (Å²) >= 11 is 0. The largest absolute Gasteiger partial charge is 0.379 e. The molecule has 0 saturated carbocycles. The Hall–Kier alpha value is -0.700. The minimum Gasteiger partial charge on any atom is -0.379 e. The highest BCUT2D eigenvalue weighted by Crippen LogP contribution is 2.19. The number of nitrogens with zero attached hydrogens (tertiary/aromatic N) is 1. The average molecular weight is 305 g/mol. The Bertz CT molecular complexity index is 446. The molecule has 2 fully saturated rings. The molecule has 8 heteroatoms. The van der Waals surface area contributed by atoms with Gasteiger partial charge in [0.15, 0.2) is 0 Å². The Labute approximate surface area is 119 Å². The smallest absolute Gasteiger partial charge is 0.229 e. The molecule has 0 spiro atoms. The first-order valence-corrected chi connectivity index (χ1v) is 8.70. The average Bonchev–Trinajstić information content (AvgIpc) is 2.85. The number of rotatable bonds is 4. The lowest BCUT2D eigenvalue weighted by Crippen LogP contribution is -2.50. The number of nitrogens with one attached hydrogen (secondary N) is 1. The molecule has 0 bridgehead atoms. The van der Waals surface area contributed by atoms with Crippen LogP contribution < -0.4 is 10.5 Å². The van der Waals surface area contributed by atoms with Gasteiger partial charge < -0.3 is 15.4 Å². The Kier molecular flexibility index (Phi) is 5.00. The number of nitrogens with two attached hydrogens (primary N) is 1. The maximum absolute atomic E-state index is 12.3. The van der Waals surface area contributed by atoms with Crippen molar-refractivity contribution in [3.8, 4) is 0 Å². The second kappa shape index (κ2) is 6.38. The summed E-state index contributed by atoms with van der Waals surface area (Å²) < 4.78 is 30.9. The zero-order chi connectivity index (χ0) is 14.8. The molecule has 2 atom stereocenters. The summed E-state index contributed by atoms with van der Waals surface area (Å²) in [5.41, 5.74) is 5.85. The SMILES string of the molecule is CCS(=O)(=O)NC1CCN(C(=O)C2COCC2N)CC1. The van der Waals surface area contributed by atoms with Gasteiger partial charge in [0.25, 0.3) is 0 Å². The monoisotopic (exact) mass is 305 g/mol. The van der Waals surface area contributed by atoms with Crippen LogP contribution in [0, 0.1) is 5.92 Å². The van der Waals surface area contributed by atoms with E-state index < -0.39 is 10.0 Å². The Morgan fingerprint density at radius 3 is 2.50 bits per heavy atom. The molecule has 2 aliphatic heterocycles. The summed E-state index contributed by atoms with van der Waals surface area (Å²) in [4.78, 5) is 14.1. The molecule has 0 aliphatic carbocycles. The molecule has 2 unspecified atom stereocenters. The maximum Gasteiger partial charge on any atom is 0.229 e. The van der Waals surface area contributed by atoms with Crippen molar-refractivity contribution in [1.82, 2.24) is 9.62 Å². The predicted octanol–water partition coefficient (Wildman–Crippen LogP) is -1.11. The molecular formula is C12H23N3O4S. The van der Waals surface area contributed by atoms with Crippen LogP contribution in [0.2, 0.25) is 0 Å². The molecule has 1 amide bonds. The molecule has 0 radical (unpaired) electrons. The van der Waals surface area contributed by atoms with Crippen LogP contribution in [0.5, 0.6) is 0 Å². The zero-order valence-electron chi connectivity index (χ0n) is 11.7. The van der Waals surface area contributed by atoms with Crippen LogP contribution in [0.3, 0.4) is 0 Å². The van der Waals surface area contributed by atoms with Gasteiger partial charge in [0, 0.05) is 25.2 Å². The Morgan fingerprint density at radius 2 is 2.00 bits per heavy atom. The van der Waals surface area contributed by atoms with Crippen LogP contribution in [0.25, 0.3) is 0 Å². The van der Waals surface area contributed by atoms with Crippen LogP contribution in [0.15, 0.2) is 0 Å². The van der Waals surface area contributed by atoms with E-state index in [-0.39, 0.29) is 29.7 Å². The lowest BCUT2D eigenvalue weighted by Gasteiger charge is -2.34. The van der Waals surface area contributed by atoms with Crippen molar-refractivity contribution < 1.29 is 17.9 Å². The van der Waals surface area contributed by atoms with Gasteiger partial charge in [-0.25, -0.2) is 13.1 Å². The summed E-state index contributed by atoms with van der Waals surface area (Å²) in [5, 5.41) is 0. The third kappa shape index (κ3) is 3.69. The number of carbonyl (C=O) groups excluding carboxylic acids is 1. The summed E-state index contributed by atoms with van der Waals surface area (Å²) in [6, 6.07) is -0.295. The molecule has 0 aromatic rings. The molecule has 0 aromatic carbocycles. The summed E-state index contributed by atoms with van der Waals surface area (Å²) in [6.45, 7) is 3.58. The maximum atomic E-state index is 12.3. The van der Waals surface area contributed by atoms with Crippen LogP contribution >= 0.6 is 0 Å². The lowest BCUT2D eigenvalue weighted by molar-refractivity contribution is -0.136. The van der Waals surface area contributed by atoms with Crippen LogP contribution in [-0.4, -0.2) is 63.4 Å². The van der Waals surface area contributed by atoms with Gasteiger partial charge in [-0.3, -0.25) is 4.79 Å².